The van der Waals surface area contributed by atoms with Crippen molar-refractivity contribution in [2.24, 2.45) is 0 Å². The van der Waals surface area contributed by atoms with Crippen molar-refractivity contribution in [1.29, 1.82) is 0 Å². The smallest absolute Gasteiger partial charge is 0.159 e. The predicted molar refractivity (Wildman–Crippen MR) is 143 cm³/mol. The molecular weight excluding hydrogens is 408 g/mol. The molecule has 0 aliphatic heterocycles. The summed E-state index contributed by atoms with van der Waals surface area (Å²) in [7, 11) is 0. The van der Waals surface area contributed by atoms with Crippen LogP contribution in [-0.4, -0.2) is 17.3 Å². The highest BCUT2D eigenvalue weighted by molar-refractivity contribution is 5.93. The van der Waals surface area contributed by atoms with Crippen LogP contribution in [0, 0.1) is 0 Å². The quantitative estimate of drug-likeness (QED) is 0.172. The molecule has 0 heterocycles. The minimum atomic E-state index is 0.121. The van der Waals surface area contributed by atoms with Crippen molar-refractivity contribution in [3.63, 3.8) is 0 Å². The predicted octanol–water partition coefficient (Wildman–Crippen LogP) is 9.32. The SMILES string of the molecule is CC(=O)c1ccccc1.CCCCCCCCCC(C)=O.CCCCCCCCCC(C)=O. The van der Waals surface area contributed by atoms with Gasteiger partial charge in [0.15, 0.2) is 5.78 Å². The summed E-state index contributed by atoms with van der Waals surface area (Å²) in [6, 6.07) is 9.23. The van der Waals surface area contributed by atoms with E-state index >= 15 is 0 Å². The van der Waals surface area contributed by atoms with Gasteiger partial charge in [-0.05, 0) is 33.6 Å². The molecule has 3 heteroatoms. The Balaban J connectivity index is 0. The summed E-state index contributed by atoms with van der Waals surface area (Å²) in [6.45, 7) is 9.38. The van der Waals surface area contributed by atoms with Gasteiger partial charge in [0.1, 0.15) is 11.6 Å². The Morgan fingerprint density at radius 3 is 1.12 bits per heavy atom. The van der Waals surface area contributed by atoms with Crippen LogP contribution >= 0.6 is 0 Å². The van der Waals surface area contributed by atoms with Gasteiger partial charge in [-0.3, -0.25) is 4.79 Å². The molecule has 1 rings (SSSR count). The third-order valence-corrected chi connectivity index (χ3v) is 5.45. The topological polar surface area (TPSA) is 51.2 Å². The molecule has 0 amide bonds. The summed E-state index contributed by atoms with van der Waals surface area (Å²) in [5, 5.41) is 0. The van der Waals surface area contributed by atoms with E-state index in [2.05, 4.69) is 13.8 Å². The molecule has 0 fully saturated rings. The molecule has 0 aliphatic carbocycles. The highest BCUT2D eigenvalue weighted by Crippen LogP contribution is 2.09. The first-order valence-corrected chi connectivity index (χ1v) is 13.4. The Bertz CT molecular complexity index is 549. The standard InChI is InChI=1S/2C11H22O.C8H8O/c2*1-3-4-5-6-7-8-9-10-11(2)12;1-7(9)8-5-3-2-4-6-8/h2*3-10H2,1-2H3;2-6H,1H3. The van der Waals surface area contributed by atoms with E-state index in [0.29, 0.717) is 11.6 Å². The number of rotatable bonds is 17. The Kier molecular flexibility index (Phi) is 26.8. The van der Waals surface area contributed by atoms with E-state index < -0.39 is 0 Å². The molecule has 0 unspecified atom stereocenters. The number of ketones is 3. The lowest BCUT2D eigenvalue weighted by atomic mass is 10.1. The van der Waals surface area contributed by atoms with Crippen molar-refractivity contribution in [3.05, 3.63) is 35.9 Å². The summed E-state index contributed by atoms with van der Waals surface area (Å²) in [5.74, 6) is 0.794. The van der Waals surface area contributed by atoms with Gasteiger partial charge in [0, 0.05) is 18.4 Å². The van der Waals surface area contributed by atoms with Crippen LogP contribution in [0.4, 0.5) is 0 Å². The minimum absolute atomic E-state index is 0.121. The van der Waals surface area contributed by atoms with Crippen LogP contribution in [0.2, 0.25) is 0 Å². The van der Waals surface area contributed by atoms with Gasteiger partial charge in [-0.15, -0.1) is 0 Å². The van der Waals surface area contributed by atoms with Crippen LogP contribution in [-0.2, 0) is 9.59 Å². The number of benzene rings is 1. The van der Waals surface area contributed by atoms with Crippen molar-refractivity contribution in [2.45, 2.75) is 137 Å². The second kappa shape index (κ2) is 26.5. The zero-order valence-corrected chi connectivity index (χ0v) is 22.4. The Morgan fingerprint density at radius 2 is 0.848 bits per heavy atom. The lowest BCUT2D eigenvalue weighted by Gasteiger charge is -1.98. The summed E-state index contributed by atoms with van der Waals surface area (Å²) >= 11 is 0. The minimum Gasteiger partial charge on any atom is -0.300 e. The fourth-order valence-corrected chi connectivity index (χ4v) is 3.33. The van der Waals surface area contributed by atoms with Gasteiger partial charge >= 0.3 is 0 Å². The average Bonchev–Trinajstić information content (AvgIpc) is 2.79. The van der Waals surface area contributed by atoms with Gasteiger partial charge in [-0.1, -0.05) is 121 Å². The van der Waals surface area contributed by atoms with Gasteiger partial charge in [0.25, 0.3) is 0 Å². The first-order chi connectivity index (χ1) is 15.8. The van der Waals surface area contributed by atoms with E-state index in [1.165, 1.54) is 77.0 Å². The molecule has 0 spiro atoms. The molecule has 0 aromatic heterocycles. The third-order valence-electron chi connectivity index (χ3n) is 5.45. The molecule has 0 atom stereocenters. The zero-order valence-electron chi connectivity index (χ0n) is 22.4. The fourth-order valence-electron chi connectivity index (χ4n) is 3.33. The van der Waals surface area contributed by atoms with E-state index in [9.17, 15) is 14.4 Å². The molecular formula is C30H52O3. The number of Topliss-reactive ketones (excluding diaryl/α,β-unsaturated/α-hetero) is 3. The van der Waals surface area contributed by atoms with Crippen molar-refractivity contribution < 1.29 is 14.4 Å². The zero-order chi connectivity index (χ0) is 25.2. The highest BCUT2D eigenvalue weighted by Gasteiger charge is 1.95. The first-order valence-electron chi connectivity index (χ1n) is 13.4. The van der Waals surface area contributed by atoms with Crippen molar-refractivity contribution in [1.82, 2.24) is 0 Å². The number of carbonyl (C=O) groups is 3. The Hall–Kier alpha value is -1.77. The summed E-state index contributed by atoms with van der Waals surface area (Å²) < 4.78 is 0. The molecule has 0 saturated heterocycles. The van der Waals surface area contributed by atoms with E-state index in [0.717, 1.165) is 31.2 Å². The molecule has 0 radical (unpaired) electrons. The molecule has 0 bridgehead atoms. The highest BCUT2D eigenvalue weighted by atomic mass is 16.1. The van der Waals surface area contributed by atoms with Crippen LogP contribution in [0.3, 0.4) is 0 Å². The molecule has 1 aromatic carbocycles. The Morgan fingerprint density at radius 1 is 0.515 bits per heavy atom. The van der Waals surface area contributed by atoms with Crippen LogP contribution in [0.15, 0.2) is 30.3 Å². The third kappa shape index (κ3) is 30.2. The summed E-state index contributed by atoms with van der Waals surface area (Å²) in [5.41, 5.74) is 0.775. The van der Waals surface area contributed by atoms with Gasteiger partial charge < -0.3 is 9.59 Å². The van der Waals surface area contributed by atoms with Gasteiger partial charge in [0.2, 0.25) is 0 Å². The molecule has 0 N–H and O–H groups in total. The van der Waals surface area contributed by atoms with Crippen molar-refractivity contribution in [3.8, 4) is 0 Å². The maximum atomic E-state index is 10.6. The molecule has 1 aromatic rings. The van der Waals surface area contributed by atoms with Gasteiger partial charge in [-0.25, -0.2) is 0 Å². The van der Waals surface area contributed by atoms with Gasteiger partial charge in [0.05, 0.1) is 0 Å². The van der Waals surface area contributed by atoms with Gasteiger partial charge in [-0.2, -0.15) is 0 Å². The Labute approximate surface area is 205 Å². The maximum Gasteiger partial charge on any atom is 0.159 e. The molecule has 3 nitrogen and oxygen atoms in total. The summed E-state index contributed by atoms with van der Waals surface area (Å²) in [4.78, 5) is 31.8. The number of unbranched alkanes of at least 4 members (excludes halogenated alkanes) is 12. The molecule has 190 valence electrons. The number of hydrogen-bond acceptors (Lipinski definition) is 3. The monoisotopic (exact) mass is 460 g/mol. The van der Waals surface area contributed by atoms with E-state index in [1.807, 2.05) is 30.3 Å². The van der Waals surface area contributed by atoms with E-state index in [4.69, 9.17) is 0 Å². The van der Waals surface area contributed by atoms with E-state index in [-0.39, 0.29) is 5.78 Å². The number of carbonyl (C=O) groups excluding carboxylic acids is 3. The lowest BCUT2D eigenvalue weighted by Crippen LogP contribution is -1.89. The van der Waals surface area contributed by atoms with Crippen molar-refractivity contribution >= 4 is 17.3 Å². The number of hydrogen-bond donors (Lipinski definition) is 0. The molecule has 0 saturated carbocycles. The average molecular weight is 461 g/mol. The van der Waals surface area contributed by atoms with Crippen LogP contribution < -0.4 is 0 Å². The first kappa shape index (κ1) is 33.4. The largest absolute Gasteiger partial charge is 0.300 e. The molecule has 33 heavy (non-hydrogen) atoms. The molecule has 0 aliphatic rings. The van der Waals surface area contributed by atoms with E-state index in [1.54, 1.807) is 20.8 Å². The fraction of sp³-hybridized carbons (Fsp3) is 0.700. The maximum absolute atomic E-state index is 10.6. The second-order valence-corrected chi connectivity index (χ2v) is 9.07. The van der Waals surface area contributed by atoms with Crippen molar-refractivity contribution in [2.75, 3.05) is 0 Å². The van der Waals surface area contributed by atoms with Crippen LogP contribution in [0.25, 0.3) is 0 Å². The second-order valence-electron chi connectivity index (χ2n) is 9.07. The normalized spacial score (nSPS) is 9.85. The van der Waals surface area contributed by atoms with Crippen LogP contribution in [0.5, 0.6) is 0 Å². The summed E-state index contributed by atoms with van der Waals surface area (Å²) in [6.07, 6.45) is 19.7. The van der Waals surface area contributed by atoms with Crippen LogP contribution in [0.1, 0.15) is 148 Å². The lowest BCUT2D eigenvalue weighted by molar-refractivity contribution is -0.117.